The van der Waals surface area contributed by atoms with Gasteiger partial charge < -0.3 is 15.7 Å². The van der Waals surface area contributed by atoms with Gasteiger partial charge in [-0.3, -0.25) is 14.8 Å². The summed E-state index contributed by atoms with van der Waals surface area (Å²) >= 11 is 0. The Bertz CT molecular complexity index is 824. The van der Waals surface area contributed by atoms with Crippen molar-refractivity contribution in [1.29, 1.82) is 0 Å². The molecule has 0 saturated carbocycles. The molecule has 1 aromatic carbocycles. The van der Waals surface area contributed by atoms with Crippen LogP contribution >= 0.6 is 0 Å². The molecule has 25 heavy (non-hydrogen) atoms. The number of aromatic nitrogens is 1. The van der Waals surface area contributed by atoms with E-state index in [1.54, 1.807) is 30.5 Å². The van der Waals surface area contributed by atoms with Gasteiger partial charge in [-0.05, 0) is 56.3 Å². The molecule has 0 spiro atoms. The molecule has 0 aliphatic carbocycles. The third-order valence-corrected chi connectivity index (χ3v) is 4.68. The van der Waals surface area contributed by atoms with E-state index in [1.807, 2.05) is 6.07 Å². The lowest BCUT2D eigenvalue weighted by molar-refractivity contribution is 0.0929. The van der Waals surface area contributed by atoms with E-state index in [2.05, 4.69) is 20.6 Å². The maximum atomic E-state index is 12.8. The third-order valence-electron chi connectivity index (χ3n) is 4.68. The van der Waals surface area contributed by atoms with Gasteiger partial charge in [0.2, 0.25) is 0 Å². The molecule has 1 saturated heterocycles. The average molecular weight is 336 g/mol. The minimum atomic E-state index is -0.0704. The Kier molecular flexibility index (Phi) is 4.19. The minimum Gasteiger partial charge on any atom is -0.508 e. The Morgan fingerprint density at radius 1 is 1.20 bits per heavy atom. The summed E-state index contributed by atoms with van der Waals surface area (Å²) in [5, 5.41) is 15.9. The van der Waals surface area contributed by atoms with Crippen LogP contribution in [0.3, 0.4) is 0 Å². The van der Waals surface area contributed by atoms with Crippen molar-refractivity contribution in [3.05, 3.63) is 47.2 Å². The molecule has 2 aliphatic heterocycles. The van der Waals surface area contributed by atoms with Gasteiger partial charge >= 0.3 is 0 Å². The van der Waals surface area contributed by atoms with Crippen molar-refractivity contribution in [1.82, 2.24) is 15.6 Å². The number of phenolic OH excluding ortho intramolecular Hbond substituents is 1. The maximum Gasteiger partial charge on any atom is 0.252 e. The fraction of sp³-hybridized carbons (Fsp3) is 0.316. The smallest absolute Gasteiger partial charge is 0.252 e. The van der Waals surface area contributed by atoms with E-state index in [4.69, 9.17) is 0 Å². The van der Waals surface area contributed by atoms with Crippen molar-refractivity contribution < 1.29 is 9.90 Å². The first-order valence-corrected chi connectivity index (χ1v) is 8.55. The lowest BCUT2D eigenvalue weighted by atomic mass is 10.0. The number of hydrogen-bond acceptors (Lipinski definition) is 5. The van der Waals surface area contributed by atoms with Crippen LogP contribution in [0, 0.1) is 0 Å². The van der Waals surface area contributed by atoms with Gasteiger partial charge in [0.15, 0.2) is 0 Å². The number of hydrogen-bond donors (Lipinski definition) is 3. The first kappa shape index (κ1) is 15.8. The number of aliphatic imine (C=N–C) groups is 1. The van der Waals surface area contributed by atoms with E-state index in [1.165, 1.54) is 0 Å². The fourth-order valence-electron chi connectivity index (χ4n) is 3.29. The zero-order chi connectivity index (χ0) is 17.2. The number of rotatable bonds is 3. The molecule has 6 nitrogen and oxygen atoms in total. The predicted molar refractivity (Wildman–Crippen MR) is 96.0 cm³/mol. The lowest BCUT2D eigenvalue weighted by Gasteiger charge is -2.24. The van der Waals surface area contributed by atoms with E-state index in [-0.39, 0.29) is 17.7 Å². The van der Waals surface area contributed by atoms with Gasteiger partial charge in [0, 0.05) is 23.4 Å². The molecular weight excluding hydrogens is 316 g/mol. The van der Waals surface area contributed by atoms with Crippen molar-refractivity contribution in [2.45, 2.75) is 25.4 Å². The Balaban J connectivity index is 1.67. The molecule has 4 rings (SSSR count). The summed E-state index contributed by atoms with van der Waals surface area (Å²) in [6.07, 6.45) is 3.62. The van der Waals surface area contributed by atoms with Crippen LogP contribution in [0.25, 0.3) is 11.3 Å². The number of pyridine rings is 1. The summed E-state index contributed by atoms with van der Waals surface area (Å²) in [6, 6.07) is 8.86. The van der Waals surface area contributed by atoms with E-state index >= 15 is 0 Å². The average Bonchev–Trinajstić information content (AvgIpc) is 3.11. The van der Waals surface area contributed by atoms with Crippen molar-refractivity contribution in [3.8, 4) is 17.0 Å². The van der Waals surface area contributed by atoms with Crippen molar-refractivity contribution in [2.24, 2.45) is 4.99 Å². The topological polar surface area (TPSA) is 86.6 Å². The molecule has 0 bridgehead atoms. The van der Waals surface area contributed by atoms with E-state index in [9.17, 15) is 9.90 Å². The quantitative estimate of drug-likeness (QED) is 0.799. The minimum absolute atomic E-state index is 0.0704. The Labute approximate surface area is 146 Å². The van der Waals surface area contributed by atoms with Gasteiger partial charge in [-0.25, -0.2) is 0 Å². The van der Waals surface area contributed by atoms with Gasteiger partial charge in [-0.1, -0.05) is 0 Å². The van der Waals surface area contributed by atoms with Gasteiger partial charge in [0.1, 0.15) is 5.75 Å². The van der Waals surface area contributed by atoms with Gasteiger partial charge in [-0.15, -0.1) is 0 Å². The number of piperidine rings is 1. The summed E-state index contributed by atoms with van der Waals surface area (Å²) in [6.45, 7) is 2.36. The number of amides is 1. The number of nitrogens with one attached hydrogen (secondary N) is 2. The SMILES string of the molecule is O=C(NC1CCNCC1)c1cc(-c2ccc(O)cc2)nc2c1C=NC2. The van der Waals surface area contributed by atoms with E-state index in [0.717, 1.165) is 48.4 Å². The fourth-order valence-corrected chi connectivity index (χ4v) is 3.29. The second kappa shape index (κ2) is 6.64. The standard InChI is InChI=1S/C19H20N4O2/c24-14-3-1-12(2-4-14)17-9-15(16-10-21-11-18(16)23-17)19(25)22-13-5-7-20-8-6-13/h1-4,9-10,13,20,24H,5-8,11H2,(H,22,25). The molecule has 1 amide bonds. The molecule has 0 atom stereocenters. The molecule has 0 radical (unpaired) electrons. The van der Waals surface area contributed by atoms with E-state index < -0.39 is 0 Å². The van der Waals surface area contributed by atoms with Crippen LogP contribution in [0.15, 0.2) is 35.3 Å². The van der Waals surface area contributed by atoms with E-state index in [0.29, 0.717) is 12.1 Å². The van der Waals surface area contributed by atoms with Crippen LogP contribution in [0.5, 0.6) is 5.75 Å². The predicted octanol–water partition coefficient (Wildman–Crippen LogP) is 1.87. The van der Waals surface area contributed by atoms with Crippen LogP contribution in [0.4, 0.5) is 0 Å². The molecule has 0 unspecified atom stereocenters. The maximum absolute atomic E-state index is 12.8. The second-order valence-electron chi connectivity index (χ2n) is 6.43. The summed E-state index contributed by atoms with van der Waals surface area (Å²) in [4.78, 5) is 21.8. The Morgan fingerprint density at radius 2 is 1.96 bits per heavy atom. The highest BCUT2D eigenvalue weighted by Crippen LogP contribution is 2.26. The Hall–Kier alpha value is -2.73. The molecule has 128 valence electrons. The number of benzene rings is 1. The highest BCUT2D eigenvalue weighted by molar-refractivity contribution is 6.04. The summed E-state index contributed by atoms with van der Waals surface area (Å²) in [7, 11) is 0. The number of nitrogens with zero attached hydrogens (tertiary/aromatic N) is 2. The first-order valence-electron chi connectivity index (χ1n) is 8.55. The van der Waals surface area contributed by atoms with Crippen LogP contribution in [0.2, 0.25) is 0 Å². The summed E-state index contributed by atoms with van der Waals surface area (Å²) in [5.74, 6) is 0.135. The zero-order valence-electron chi connectivity index (χ0n) is 13.8. The summed E-state index contributed by atoms with van der Waals surface area (Å²) < 4.78 is 0. The molecule has 1 aromatic heterocycles. The molecule has 1 fully saturated rings. The highest BCUT2D eigenvalue weighted by atomic mass is 16.3. The molecule has 2 aromatic rings. The van der Waals surface area contributed by atoms with Crippen molar-refractivity contribution >= 4 is 12.1 Å². The number of carbonyl (C=O) groups is 1. The Morgan fingerprint density at radius 3 is 2.72 bits per heavy atom. The lowest BCUT2D eigenvalue weighted by Crippen LogP contribution is -2.43. The largest absolute Gasteiger partial charge is 0.508 e. The highest BCUT2D eigenvalue weighted by Gasteiger charge is 2.23. The first-order chi connectivity index (χ1) is 12.2. The molecule has 2 aliphatic rings. The van der Waals surface area contributed by atoms with Crippen molar-refractivity contribution in [2.75, 3.05) is 13.1 Å². The summed E-state index contributed by atoms with van der Waals surface area (Å²) in [5.41, 5.74) is 3.84. The zero-order valence-corrected chi connectivity index (χ0v) is 13.8. The van der Waals surface area contributed by atoms with Gasteiger partial charge in [0.25, 0.3) is 5.91 Å². The third kappa shape index (κ3) is 3.25. The number of carbonyl (C=O) groups excluding carboxylic acids is 1. The number of phenols is 1. The molecule has 3 N–H and O–H groups in total. The van der Waals surface area contributed by atoms with Crippen LogP contribution in [0.1, 0.15) is 34.5 Å². The normalized spacial score (nSPS) is 16.6. The number of fused-ring (bicyclic) bond motifs is 1. The van der Waals surface area contributed by atoms with Crippen LogP contribution in [-0.4, -0.2) is 41.3 Å². The molecular formula is C19H20N4O2. The van der Waals surface area contributed by atoms with Gasteiger partial charge in [0.05, 0.1) is 23.5 Å². The molecule has 3 heterocycles. The monoisotopic (exact) mass is 336 g/mol. The van der Waals surface area contributed by atoms with Gasteiger partial charge in [-0.2, -0.15) is 0 Å². The van der Waals surface area contributed by atoms with Crippen LogP contribution in [-0.2, 0) is 6.54 Å². The number of aromatic hydroxyl groups is 1. The molecule has 6 heteroatoms. The van der Waals surface area contributed by atoms with Crippen LogP contribution < -0.4 is 10.6 Å². The second-order valence-corrected chi connectivity index (χ2v) is 6.43. The van der Waals surface area contributed by atoms with Crippen molar-refractivity contribution in [3.63, 3.8) is 0 Å².